The van der Waals surface area contributed by atoms with Crippen LogP contribution >= 0.6 is 0 Å². The maximum absolute atomic E-state index is 11.4. The first kappa shape index (κ1) is 39.1. The van der Waals surface area contributed by atoms with E-state index in [0.29, 0.717) is 27.9 Å². The summed E-state index contributed by atoms with van der Waals surface area (Å²) >= 11 is 0. The number of aromatic nitrogens is 4. The minimum absolute atomic E-state index is 0.374. The van der Waals surface area contributed by atoms with Gasteiger partial charge in [0.05, 0.1) is 84.3 Å². The molecule has 0 saturated heterocycles. The molecule has 14 aromatic rings. The van der Waals surface area contributed by atoms with Crippen molar-refractivity contribution in [2.75, 3.05) is 0 Å². The molecule has 0 aliphatic heterocycles. The lowest BCUT2D eigenvalue weighted by Crippen LogP contribution is -2.04. The van der Waals surface area contributed by atoms with Crippen LogP contribution in [0.25, 0.3) is 121 Å². The number of hydrogen-bond acceptors (Lipinski definition) is 3. The molecular formula is C63H35N7. The Hall–Kier alpha value is -10.1. The molecule has 70 heavy (non-hydrogen) atoms. The van der Waals surface area contributed by atoms with E-state index in [0.717, 1.165) is 88.3 Å². The molecule has 0 aliphatic carbocycles. The molecule has 0 aliphatic rings. The largest absolute Gasteiger partial charge is 0.309 e. The first-order chi connectivity index (χ1) is 34.6. The molecule has 0 fully saturated rings. The zero-order valence-corrected chi connectivity index (χ0v) is 37.3. The minimum atomic E-state index is 0.374. The maximum atomic E-state index is 11.4. The van der Waals surface area contributed by atoms with Crippen LogP contribution in [0.1, 0.15) is 16.7 Å². The zero-order chi connectivity index (χ0) is 46.6. The summed E-state index contributed by atoms with van der Waals surface area (Å²) in [6.07, 6.45) is 0. The fourth-order valence-corrected chi connectivity index (χ4v) is 11.3. The highest BCUT2D eigenvalue weighted by Gasteiger charge is 2.24. The highest BCUT2D eigenvalue weighted by Crippen LogP contribution is 2.43. The first-order valence-corrected chi connectivity index (χ1v) is 23.2. The van der Waals surface area contributed by atoms with Gasteiger partial charge in [0.25, 0.3) is 0 Å². The van der Waals surface area contributed by atoms with Gasteiger partial charge in [0, 0.05) is 60.0 Å². The van der Waals surface area contributed by atoms with Crippen molar-refractivity contribution < 1.29 is 0 Å². The van der Waals surface area contributed by atoms with Crippen LogP contribution in [0.5, 0.6) is 0 Å². The van der Waals surface area contributed by atoms with Gasteiger partial charge in [-0.2, -0.15) is 15.8 Å². The van der Waals surface area contributed by atoms with Crippen molar-refractivity contribution in [2.24, 2.45) is 0 Å². The van der Waals surface area contributed by atoms with Crippen LogP contribution in [0.3, 0.4) is 0 Å². The standard InChI is InChI=1S/C63H35N7/c64-36-39-29-40(37-65)31-41(30-39)51-35-62(69-58-23-11-5-17-49(58)52-33-43(25-27-60(52)69)67-54-19-7-1-13-45(54)46-14-2-8-20-55(46)67)42(38-66)32-63(51)70-59-24-12-6-18-50(59)53-34-44(26-28-61(53)70)68-56-21-9-3-15-47(56)48-16-4-10-22-57(48)68/h1-35H. The Morgan fingerprint density at radius 1 is 0.271 bits per heavy atom. The molecule has 10 aromatic carbocycles. The highest BCUT2D eigenvalue weighted by molar-refractivity contribution is 6.14. The van der Waals surface area contributed by atoms with Crippen LogP contribution in [-0.4, -0.2) is 18.3 Å². The summed E-state index contributed by atoms with van der Waals surface area (Å²) in [5, 5.41) is 41.0. The molecule has 0 atom stereocenters. The second-order valence-electron chi connectivity index (χ2n) is 17.9. The summed E-state index contributed by atoms with van der Waals surface area (Å²) in [5.74, 6) is 0. The quantitative estimate of drug-likeness (QED) is 0.172. The van der Waals surface area contributed by atoms with Gasteiger partial charge < -0.3 is 18.3 Å². The summed E-state index contributed by atoms with van der Waals surface area (Å²) in [6.45, 7) is 0. The summed E-state index contributed by atoms with van der Waals surface area (Å²) in [6, 6.07) is 80.6. The zero-order valence-electron chi connectivity index (χ0n) is 37.3. The number of fused-ring (bicyclic) bond motifs is 12. The Morgan fingerprint density at radius 2 is 0.614 bits per heavy atom. The molecule has 7 nitrogen and oxygen atoms in total. The topological polar surface area (TPSA) is 91.1 Å². The molecule has 0 unspecified atom stereocenters. The van der Waals surface area contributed by atoms with Gasteiger partial charge in [-0.1, -0.05) is 109 Å². The molecule has 0 spiro atoms. The van der Waals surface area contributed by atoms with Crippen LogP contribution in [0.2, 0.25) is 0 Å². The molecule has 4 heterocycles. The second-order valence-corrected chi connectivity index (χ2v) is 17.9. The highest BCUT2D eigenvalue weighted by atomic mass is 15.0. The van der Waals surface area contributed by atoms with E-state index < -0.39 is 0 Å². The van der Waals surface area contributed by atoms with Crippen LogP contribution in [0.4, 0.5) is 0 Å². The average Bonchev–Trinajstić information content (AvgIpc) is 4.15. The summed E-state index contributed by atoms with van der Waals surface area (Å²) in [5.41, 5.74) is 14.5. The van der Waals surface area contributed by atoms with Crippen LogP contribution < -0.4 is 0 Å². The average molecular weight is 890 g/mol. The Labute approximate surface area is 400 Å². The molecule has 0 bridgehead atoms. The minimum Gasteiger partial charge on any atom is -0.309 e. The van der Waals surface area contributed by atoms with Crippen LogP contribution in [-0.2, 0) is 0 Å². The van der Waals surface area contributed by atoms with E-state index in [4.69, 9.17) is 0 Å². The molecule has 0 amide bonds. The lowest BCUT2D eigenvalue weighted by atomic mass is 9.96. The normalized spacial score (nSPS) is 11.7. The van der Waals surface area contributed by atoms with Crippen molar-refractivity contribution in [1.82, 2.24) is 18.3 Å². The lowest BCUT2D eigenvalue weighted by Gasteiger charge is -2.19. The predicted octanol–water partition coefficient (Wildman–Crippen LogP) is 15.4. The van der Waals surface area contributed by atoms with Gasteiger partial charge in [-0.05, 0) is 109 Å². The van der Waals surface area contributed by atoms with E-state index in [-0.39, 0.29) is 0 Å². The fourth-order valence-electron chi connectivity index (χ4n) is 11.3. The monoisotopic (exact) mass is 889 g/mol. The van der Waals surface area contributed by atoms with E-state index in [1.165, 1.54) is 21.5 Å². The van der Waals surface area contributed by atoms with Crippen molar-refractivity contribution in [2.45, 2.75) is 0 Å². The van der Waals surface area contributed by atoms with Gasteiger partial charge in [-0.15, -0.1) is 0 Å². The lowest BCUT2D eigenvalue weighted by molar-refractivity contribution is 1.13. The second kappa shape index (κ2) is 14.9. The van der Waals surface area contributed by atoms with E-state index in [1.807, 2.05) is 30.3 Å². The number of nitrogens with zero attached hydrogens (tertiary/aromatic N) is 7. The third-order valence-electron chi connectivity index (χ3n) is 14.2. The Bertz CT molecular complexity index is 4570. The Morgan fingerprint density at radius 3 is 1.00 bits per heavy atom. The maximum Gasteiger partial charge on any atom is 0.101 e. The van der Waals surface area contributed by atoms with Crippen LogP contribution in [0, 0.1) is 34.0 Å². The summed E-state index contributed by atoms with van der Waals surface area (Å²) < 4.78 is 9.08. The van der Waals surface area contributed by atoms with Gasteiger partial charge >= 0.3 is 0 Å². The summed E-state index contributed by atoms with van der Waals surface area (Å²) in [7, 11) is 0. The van der Waals surface area contributed by atoms with Crippen LogP contribution in [0.15, 0.2) is 212 Å². The van der Waals surface area contributed by atoms with Crippen molar-refractivity contribution in [1.29, 1.82) is 15.8 Å². The van der Waals surface area contributed by atoms with E-state index in [9.17, 15) is 15.8 Å². The Kier molecular flexibility index (Phi) is 8.34. The van der Waals surface area contributed by atoms with Crippen molar-refractivity contribution in [3.8, 4) is 52.1 Å². The molecule has 4 aromatic heterocycles. The van der Waals surface area contributed by atoms with E-state index in [2.05, 4.69) is 212 Å². The number of rotatable bonds is 5. The smallest absolute Gasteiger partial charge is 0.101 e. The molecule has 14 rings (SSSR count). The SMILES string of the molecule is N#Cc1cc(C#N)cc(-c2cc(-n3c4ccccc4c4cc(-n5c6ccccc6c6ccccc65)ccc43)c(C#N)cc2-n2c3ccccc3c3cc(-n4c5ccccc5c5ccccc54)ccc32)c1. The van der Waals surface area contributed by atoms with Gasteiger partial charge in [0.1, 0.15) is 6.07 Å². The van der Waals surface area contributed by atoms with E-state index in [1.54, 1.807) is 6.07 Å². The van der Waals surface area contributed by atoms with Gasteiger partial charge in [0.2, 0.25) is 0 Å². The molecule has 0 radical (unpaired) electrons. The fraction of sp³-hybridized carbons (Fsp3) is 0. The molecular weight excluding hydrogens is 855 g/mol. The Balaban J connectivity index is 1.04. The molecule has 0 N–H and O–H groups in total. The van der Waals surface area contributed by atoms with Gasteiger partial charge in [-0.25, -0.2) is 0 Å². The van der Waals surface area contributed by atoms with Crippen molar-refractivity contribution >= 4 is 87.2 Å². The number of para-hydroxylation sites is 6. The van der Waals surface area contributed by atoms with Gasteiger partial charge in [-0.3, -0.25) is 0 Å². The first-order valence-electron chi connectivity index (χ1n) is 23.2. The number of hydrogen-bond donors (Lipinski definition) is 0. The predicted molar refractivity (Wildman–Crippen MR) is 283 cm³/mol. The van der Waals surface area contributed by atoms with E-state index >= 15 is 0 Å². The van der Waals surface area contributed by atoms with Crippen molar-refractivity contribution in [3.63, 3.8) is 0 Å². The molecule has 0 saturated carbocycles. The van der Waals surface area contributed by atoms with Gasteiger partial charge in [0.15, 0.2) is 0 Å². The molecule has 7 heteroatoms. The molecule has 322 valence electrons. The van der Waals surface area contributed by atoms with Crippen molar-refractivity contribution in [3.05, 3.63) is 229 Å². The third-order valence-corrected chi connectivity index (χ3v) is 14.2. The third kappa shape index (κ3) is 5.54. The number of benzene rings is 10. The summed E-state index contributed by atoms with van der Waals surface area (Å²) in [4.78, 5) is 0. The number of nitriles is 3.